The summed E-state index contributed by atoms with van der Waals surface area (Å²) in [4.78, 5) is 53.0. The molecule has 0 radical (unpaired) electrons. The molecular formula is C28H34O4. The highest BCUT2D eigenvalue weighted by atomic mass is 16.2. The number of rotatable bonds is 4. The van der Waals surface area contributed by atoms with Gasteiger partial charge in [-0.3, -0.25) is 19.2 Å². The third-order valence-corrected chi connectivity index (χ3v) is 11.1. The molecule has 6 atom stereocenters. The number of hydrogen-bond acceptors (Lipinski definition) is 4. The summed E-state index contributed by atoms with van der Waals surface area (Å²) in [5, 5.41) is 0. The predicted octanol–water partition coefficient (Wildman–Crippen LogP) is 5.33. The minimum Gasteiger partial charge on any atom is -0.298 e. The van der Waals surface area contributed by atoms with Crippen LogP contribution >= 0.6 is 0 Å². The second-order valence-electron chi connectivity index (χ2n) is 12.4. The smallest absolute Gasteiger partial charge is 0.173 e. The summed E-state index contributed by atoms with van der Waals surface area (Å²) in [6.45, 7) is 12.5. The Bertz CT molecular complexity index is 976. The van der Waals surface area contributed by atoms with Gasteiger partial charge in [-0.1, -0.05) is 65.8 Å². The Morgan fingerprint density at radius 3 is 1.22 bits per heavy atom. The average Bonchev–Trinajstić information content (AvgIpc) is 3.23. The lowest BCUT2D eigenvalue weighted by Crippen LogP contribution is -2.35. The van der Waals surface area contributed by atoms with Gasteiger partial charge in [0.25, 0.3) is 0 Å². The van der Waals surface area contributed by atoms with Gasteiger partial charge in [-0.15, -0.1) is 0 Å². The van der Waals surface area contributed by atoms with Crippen LogP contribution in [-0.4, -0.2) is 23.1 Å². The highest BCUT2D eigenvalue weighted by Crippen LogP contribution is 2.67. The van der Waals surface area contributed by atoms with Crippen LogP contribution in [0, 0.1) is 45.3 Å². The first-order valence-electron chi connectivity index (χ1n) is 12.1. The monoisotopic (exact) mass is 434 g/mol. The van der Waals surface area contributed by atoms with E-state index in [2.05, 4.69) is 27.7 Å². The summed E-state index contributed by atoms with van der Waals surface area (Å²) in [5.74, 6) is -1.12. The lowest BCUT2D eigenvalue weighted by Gasteiger charge is -2.32. The van der Waals surface area contributed by atoms with Crippen LogP contribution in [0.1, 0.15) is 87.9 Å². The first kappa shape index (κ1) is 21.7. The summed E-state index contributed by atoms with van der Waals surface area (Å²) < 4.78 is 0. The van der Waals surface area contributed by atoms with Crippen molar-refractivity contribution in [1.29, 1.82) is 0 Å². The number of fused-ring (bicyclic) bond motifs is 4. The van der Waals surface area contributed by atoms with E-state index in [0.29, 0.717) is 11.1 Å². The molecule has 32 heavy (non-hydrogen) atoms. The Labute approximate surface area is 190 Å². The second-order valence-corrected chi connectivity index (χ2v) is 12.4. The molecule has 4 saturated carbocycles. The van der Waals surface area contributed by atoms with Gasteiger partial charge in [-0.05, 0) is 48.3 Å². The van der Waals surface area contributed by atoms with Gasteiger partial charge in [0.15, 0.2) is 11.6 Å². The van der Waals surface area contributed by atoms with Gasteiger partial charge in [0.2, 0.25) is 0 Å². The van der Waals surface area contributed by atoms with Gasteiger partial charge in [0.05, 0.1) is 11.8 Å². The van der Waals surface area contributed by atoms with Gasteiger partial charge < -0.3 is 0 Å². The van der Waals surface area contributed by atoms with Crippen molar-refractivity contribution in [2.75, 3.05) is 0 Å². The van der Waals surface area contributed by atoms with E-state index >= 15 is 0 Å². The quantitative estimate of drug-likeness (QED) is 0.474. The van der Waals surface area contributed by atoms with Crippen molar-refractivity contribution < 1.29 is 19.2 Å². The number of carbonyl (C=O) groups is 4. The van der Waals surface area contributed by atoms with Crippen LogP contribution in [0.15, 0.2) is 24.3 Å². The standard InChI is InChI=1S/C28H34O4/c1-25(2)17-11-13-27(25,5)23(31)19(17)21(29)15-7-9-16(10-8-15)22(30)20-18-12-14-28(6,24(20)32)26(18,3)4/h7-10,17-20H,11-14H2,1-6H3. The Morgan fingerprint density at radius 1 is 0.656 bits per heavy atom. The van der Waals surface area contributed by atoms with Crippen molar-refractivity contribution in [2.24, 2.45) is 45.3 Å². The molecule has 0 saturated heterocycles. The number of benzene rings is 1. The van der Waals surface area contributed by atoms with Gasteiger partial charge in [0, 0.05) is 22.0 Å². The van der Waals surface area contributed by atoms with Crippen LogP contribution in [0.5, 0.6) is 0 Å². The first-order chi connectivity index (χ1) is 14.8. The Hall–Kier alpha value is -2.10. The molecule has 1 aromatic carbocycles. The molecule has 4 heteroatoms. The predicted molar refractivity (Wildman–Crippen MR) is 121 cm³/mol. The Morgan fingerprint density at radius 2 is 0.969 bits per heavy atom. The lowest BCUT2D eigenvalue weighted by molar-refractivity contribution is -0.131. The summed E-state index contributed by atoms with van der Waals surface area (Å²) >= 11 is 0. The van der Waals surface area contributed by atoms with Crippen LogP contribution in [0.3, 0.4) is 0 Å². The Balaban J connectivity index is 1.39. The van der Waals surface area contributed by atoms with Crippen LogP contribution in [0.2, 0.25) is 0 Å². The number of Topliss-reactive ketones (excluding diaryl/α,β-unsaturated/α-hetero) is 4. The number of carbonyl (C=O) groups excluding carboxylic acids is 4. The Kier molecular flexibility index (Phi) is 4.26. The van der Waals surface area contributed by atoms with E-state index in [4.69, 9.17) is 0 Å². The van der Waals surface area contributed by atoms with Crippen molar-refractivity contribution in [3.63, 3.8) is 0 Å². The van der Waals surface area contributed by atoms with Crippen LogP contribution < -0.4 is 0 Å². The highest BCUT2D eigenvalue weighted by molar-refractivity contribution is 6.16. The molecule has 6 unspecified atom stereocenters. The fraction of sp³-hybridized carbons (Fsp3) is 0.643. The molecule has 4 fully saturated rings. The maximum absolute atomic E-state index is 13.3. The molecule has 0 amide bonds. The summed E-state index contributed by atoms with van der Waals surface area (Å²) in [7, 11) is 0. The molecule has 4 aliphatic rings. The zero-order valence-corrected chi connectivity index (χ0v) is 20.1. The molecule has 1 aromatic rings. The normalized spacial score (nSPS) is 40.8. The van der Waals surface area contributed by atoms with Crippen LogP contribution in [0.25, 0.3) is 0 Å². The van der Waals surface area contributed by atoms with E-state index in [1.807, 2.05) is 13.8 Å². The van der Waals surface area contributed by atoms with Crippen LogP contribution in [-0.2, 0) is 9.59 Å². The average molecular weight is 435 g/mol. The molecule has 170 valence electrons. The number of hydrogen-bond donors (Lipinski definition) is 0. The van der Waals surface area contributed by atoms with Gasteiger partial charge >= 0.3 is 0 Å². The van der Waals surface area contributed by atoms with E-state index in [0.717, 1.165) is 25.7 Å². The van der Waals surface area contributed by atoms with Crippen molar-refractivity contribution in [3.8, 4) is 0 Å². The van der Waals surface area contributed by atoms with Gasteiger partial charge in [-0.2, -0.15) is 0 Å². The second kappa shape index (κ2) is 6.27. The molecule has 0 aliphatic heterocycles. The van der Waals surface area contributed by atoms with Gasteiger partial charge in [-0.25, -0.2) is 0 Å². The molecule has 0 N–H and O–H groups in total. The summed E-state index contributed by atoms with van der Waals surface area (Å²) in [6, 6.07) is 6.70. The minimum absolute atomic E-state index is 0.0726. The summed E-state index contributed by atoms with van der Waals surface area (Å²) in [5.41, 5.74) is -0.244. The maximum Gasteiger partial charge on any atom is 0.173 e. The highest BCUT2D eigenvalue weighted by Gasteiger charge is 2.68. The van der Waals surface area contributed by atoms with Crippen LogP contribution in [0.4, 0.5) is 0 Å². The van der Waals surface area contributed by atoms with E-state index in [1.165, 1.54) is 0 Å². The zero-order valence-electron chi connectivity index (χ0n) is 20.1. The minimum atomic E-state index is -0.585. The third kappa shape index (κ3) is 2.29. The van der Waals surface area contributed by atoms with Crippen molar-refractivity contribution in [3.05, 3.63) is 35.4 Å². The topological polar surface area (TPSA) is 68.3 Å². The first-order valence-corrected chi connectivity index (χ1v) is 12.1. The molecule has 4 aliphatic carbocycles. The van der Waals surface area contributed by atoms with E-state index in [-0.39, 0.29) is 45.8 Å². The molecule has 0 aromatic heterocycles. The molecule has 0 spiro atoms. The zero-order chi connectivity index (χ0) is 23.4. The van der Waals surface area contributed by atoms with Crippen molar-refractivity contribution >= 4 is 23.1 Å². The largest absolute Gasteiger partial charge is 0.298 e. The molecular weight excluding hydrogens is 400 g/mol. The molecule has 5 rings (SSSR count). The molecule has 0 heterocycles. The van der Waals surface area contributed by atoms with Crippen molar-refractivity contribution in [2.45, 2.75) is 67.2 Å². The molecule has 4 nitrogen and oxygen atoms in total. The van der Waals surface area contributed by atoms with E-state index in [9.17, 15) is 19.2 Å². The SMILES string of the molecule is CC12CCC(C(C(=O)c3ccc(C(=O)C4C(=O)C5(C)CCC4C5(C)C)cc3)C1=O)C2(C)C. The molecule has 4 bridgehead atoms. The number of ketones is 4. The fourth-order valence-electron chi connectivity index (χ4n) is 7.93. The van der Waals surface area contributed by atoms with Crippen molar-refractivity contribution in [1.82, 2.24) is 0 Å². The third-order valence-electron chi connectivity index (χ3n) is 11.1. The van der Waals surface area contributed by atoms with E-state index < -0.39 is 22.7 Å². The fourth-order valence-corrected chi connectivity index (χ4v) is 7.93. The maximum atomic E-state index is 13.3. The lowest BCUT2D eigenvalue weighted by atomic mass is 9.70. The van der Waals surface area contributed by atoms with E-state index in [1.54, 1.807) is 24.3 Å². The van der Waals surface area contributed by atoms with Gasteiger partial charge in [0.1, 0.15) is 11.6 Å². The summed E-state index contributed by atoms with van der Waals surface area (Å²) in [6.07, 6.45) is 3.52.